The first-order valence-corrected chi connectivity index (χ1v) is 8.84. The summed E-state index contributed by atoms with van der Waals surface area (Å²) < 4.78 is 5.26. The van der Waals surface area contributed by atoms with Crippen molar-refractivity contribution < 1.29 is 9.32 Å². The maximum atomic E-state index is 12.5. The summed E-state index contributed by atoms with van der Waals surface area (Å²) in [5, 5.41) is 7.65. The predicted octanol–water partition coefficient (Wildman–Crippen LogP) is 3.22. The van der Waals surface area contributed by atoms with Gasteiger partial charge in [-0.3, -0.25) is 4.90 Å². The van der Waals surface area contributed by atoms with Crippen LogP contribution < -0.4 is 5.32 Å². The smallest absolute Gasteiger partial charge is 0.317 e. The van der Waals surface area contributed by atoms with E-state index in [1.54, 1.807) is 0 Å². The summed E-state index contributed by atoms with van der Waals surface area (Å²) in [6, 6.07) is 9.41. The number of carbonyl (C=O) groups is 1. The third-order valence-electron chi connectivity index (χ3n) is 4.43. The first-order valence-electron chi connectivity index (χ1n) is 8.47. The zero-order chi connectivity index (χ0) is 17.8. The Bertz CT molecular complexity index is 708. The molecule has 0 spiro atoms. The van der Waals surface area contributed by atoms with Crippen LogP contribution in [0.3, 0.4) is 0 Å². The molecule has 2 heterocycles. The van der Waals surface area contributed by atoms with Gasteiger partial charge in [0.05, 0.1) is 18.3 Å². The van der Waals surface area contributed by atoms with Crippen molar-refractivity contribution in [2.45, 2.75) is 26.4 Å². The van der Waals surface area contributed by atoms with Gasteiger partial charge in [0.2, 0.25) is 0 Å². The Kier molecular flexibility index (Phi) is 5.60. The van der Waals surface area contributed by atoms with Gasteiger partial charge >= 0.3 is 6.03 Å². The molecule has 2 amide bonds. The molecular formula is C18H23ClN4O2. The number of hydrogen-bond donors (Lipinski definition) is 1. The first kappa shape index (κ1) is 17.8. The highest BCUT2D eigenvalue weighted by molar-refractivity contribution is 6.30. The maximum absolute atomic E-state index is 12.5. The van der Waals surface area contributed by atoms with E-state index in [1.165, 1.54) is 0 Å². The molecule has 3 rings (SSSR count). The minimum Gasteiger partial charge on any atom is -0.360 e. The standard InChI is InChI=1S/C18H23ClN4O2/c1-13-11-17(25-21-13)12-22-7-9-23(10-8-22)18(24)20-14(2)15-3-5-16(19)6-4-15/h3-6,11,14H,7-10,12H2,1-2H3,(H,20,24). The van der Waals surface area contributed by atoms with Gasteiger partial charge in [-0.05, 0) is 31.5 Å². The third kappa shape index (κ3) is 4.74. The second-order valence-corrected chi connectivity index (χ2v) is 6.86. The van der Waals surface area contributed by atoms with Crippen LogP contribution in [0.4, 0.5) is 4.79 Å². The summed E-state index contributed by atoms with van der Waals surface area (Å²) in [7, 11) is 0. The fourth-order valence-corrected chi connectivity index (χ4v) is 3.06. The number of benzene rings is 1. The quantitative estimate of drug-likeness (QED) is 0.907. The van der Waals surface area contributed by atoms with E-state index in [1.807, 2.05) is 49.1 Å². The van der Waals surface area contributed by atoms with Gasteiger partial charge in [0, 0.05) is 37.3 Å². The van der Waals surface area contributed by atoms with Crippen LogP contribution in [-0.2, 0) is 6.54 Å². The normalized spacial score (nSPS) is 16.7. The average Bonchev–Trinajstić information content (AvgIpc) is 3.01. The molecule has 0 bridgehead atoms. The minimum atomic E-state index is -0.0556. The molecule has 1 unspecified atom stereocenters. The number of amides is 2. The number of hydrogen-bond acceptors (Lipinski definition) is 4. The van der Waals surface area contributed by atoms with Gasteiger partial charge in [0.25, 0.3) is 0 Å². The van der Waals surface area contributed by atoms with Crippen LogP contribution in [0.1, 0.15) is 30.0 Å². The predicted molar refractivity (Wildman–Crippen MR) is 96.5 cm³/mol. The number of aromatic nitrogens is 1. The lowest BCUT2D eigenvalue weighted by Crippen LogP contribution is -2.51. The molecule has 1 N–H and O–H groups in total. The van der Waals surface area contributed by atoms with Crippen molar-refractivity contribution in [3.63, 3.8) is 0 Å². The van der Waals surface area contributed by atoms with E-state index < -0.39 is 0 Å². The highest BCUT2D eigenvalue weighted by Gasteiger charge is 2.23. The van der Waals surface area contributed by atoms with Crippen molar-refractivity contribution in [3.05, 3.63) is 52.4 Å². The zero-order valence-corrected chi connectivity index (χ0v) is 15.3. The van der Waals surface area contributed by atoms with Crippen LogP contribution in [-0.4, -0.2) is 47.2 Å². The summed E-state index contributed by atoms with van der Waals surface area (Å²) in [6.07, 6.45) is 0. The number of aryl methyl sites for hydroxylation is 1. The average molecular weight is 363 g/mol. The molecular weight excluding hydrogens is 340 g/mol. The molecule has 0 saturated carbocycles. The van der Waals surface area contributed by atoms with E-state index >= 15 is 0 Å². The van der Waals surface area contributed by atoms with Crippen molar-refractivity contribution in [1.29, 1.82) is 0 Å². The number of halogens is 1. The Hall–Kier alpha value is -2.05. The number of piperazine rings is 1. The van der Waals surface area contributed by atoms with Crippen LogP contribution in [0.15, 0.2) is 34.9 Å². The molecule has 134 valence electrons. The van der Waals surface area contributed by atoms with E-state index in [0.717, 1.165) is 36.7 Å². The van der Waals surface area contributed by atoms with Crippen LogP contribution >= 0.6 is 11.6 Å². The van der Waals surface area contributed by atoms with Crippen molar-refractivity contribution in [2.75, 3.05) is 26.2 Å². The second kappa shape index (κ2) is 7.89. The number of urea groups is 1. The van der Waals surface area contributed by atoms with Gasteiger partial charge in [-0.15, -0.1) is 0 Å². The highest BCUT2D eigenvalue weighted by Crippen LogP contribution is 2.17. The molecule has 25 heavy (non-hydrogen) atoms. The monoisotopic (exact) mass is 362 g/mol. The summed E-state index contributed by atoms with van der Waals surface area (Å²) >= 11 is 5.91. The fourth-order valence-electron chi connectivity index (χ4n) is 2.93. The number of carbonyl (C=O) groups excluding carboxylic acids is 1. The molecule has 1 aliphatic heterocycles. The molecule has 0 aliphatic carbocycles. The van der Waals surface area contributed by atoms with Gasteiger partial charge in [0.1, 0.15) is 0 Å². The van der Waals surface area contributed by atoms with E-state index in [-0.39, 0.29) is 12.1 Å². The van der Waals surface area contributed by atoms with Gasteiger partial charge < -0.3 is 14.7 Å². The SMILES string of the molecule is Cc1cc(CN2CCN(C(=O)NC(C)c3ccc(Cl)cc3)CC2)on1. The molecule has 7 heteroatoms. The Morgan fingerprint density at radius 3 is 2.56 bits per heavy atom. The zero-order valence-electron chi connectivity index (χ0n) is 14.5. The summed E-state index contributed by atoms with van der Waals surface area (Å²) in [5.74, 6) is 0.867. The molecule has 0 radical (unpaired) electrons. The molecule has 1 aromatic heterocycles. The summed E-state index contributed by atoms with van der Waals surface area (Å²) in [4.78, 5) is 16.6. The third-order valence-corrected chi connectivity index (χ3v) is 4.68. The lowest BCUT2D eigenvalue weighted by Gasteiger charge is -2.34. The van der Waals surface area contributed by atoms with Crippen LogP contribution in [0, 0.1) is 6.92 Å². The molecule has 1 aliphatic rings. The van der Waals surface area contributed by atoms with Crippen molar-refractivity contribution in [1.82, 2.24) is 20.3 Å². The Balaban J connectivity index is 1.47. The van der Waals surface area contributed by atoms with E-state index in [9.17, 15) is 4.79 Å². The molecule has 1 atom stereocenters. The minimum absolute atomic E-state index is 0.0300. The van der Waals surface area contributed by atoms with E-state index in [0.29, 0.717) is 18.1 Å². The summed E-state index contributed by atoms with van der Waals surface area (Å²) in [5.41, 5.74) is 1.93. The van der Waals surface area contributed by atoms with Gasteiger partial charge in [-0.25, -0.2) is 4.79 Å². The lowest BCUT2D eigenvalue weighted by atomic mass is 10.1. The van der Waals surface area contributed by atoms with Crippen molar-refractivity contribution in [2.24, 2.45) is 0 Å². The van der Waals surface area contributed by atoms with Crippen LogP contribution in [0.25, 0.3) is 0 Å². The van der Waals surface area contributed by atoms with Crippen LogP contribution in [0.2, 0.25) is 5.02 Å². The van der Waals surface area contributed by atoms with Gasteiger partial charge in [0.15, 0.2) is 5.76 Å². The van der Waals surface area contributed by atoms with E-state index in [2.05, 4.69) is 15.4 Å². The fraction of sp³-hybridized carbons (Fsp3) is 0.444. The molecule has 1 fully saturated rings. The Morgan fingerprint density at radius 1 is 1.28 bits per heavy atom. The van der Waals surface area contributed by atoms with Gasteiger partial charge in [-0.1, -0.05) is 28.9 Å². The maximum Gasteiger partial charge on any atom is 0.317 e. The second-order valence-electron chi connectivity index (χ2n) is 6.42. The van der Waals surface area contributed by atoms with E-state index in [4.69, 9.17) is 16.1 Å². The first-order chi connectivity index (χ1) is 12.0. The molecule has 1 saturated heterocycles. The topological polar surface area (TPSA) is 61.6 Å². The van der Waals surface area contributed by atoms with Crippen molar-refractivity contribution >= 4 is 17.6 Å². The highest BCUT2D eigenvalue weighted by atomic mass is 35.5. The lowest BCUT2D eigenvalue weighted by molar-refractivity contribution is 0.126. The van der Waals surface area contributed by atoms with Gasteiger partial charge in [-0.2, -0.15) is 0 Å². The Labute approximate surface area is 152 Å². The summed E-state index contributed by atoms with van der Waals surface area (Å²) in [6.45, 7) is 7.67. The molecule has 2 aromatic rings. The number of nitrogens with zero attached hydrogens (tertiary/aromatic N) is 3. The Morgan fingerprint density at radius 2 is 1.96 bits per heavy atom. The number of rotatable bonds is 4. The largest absolute Gasteiger partial charge is 0.360 e. The molecule has 1 aromatic carbocycles. The van der Waals surface area contributed by atoms with Crippen LogP contribution in [0.5, 0.6) is 0 Å². The molecule has 6 nitrogen and oxygen atoms in total. The van der Waals surface area contributed by atoms with Crippen molar-refractivity contribution in [3.8, 4) is 0 Å². The number of nitrogens with one attached hydrogen (secondary N) is 1.